The first-order valence-electron chi connectivity index (χ1n) is 9.04. The summed E-state index contributed by atoms with van der Waals surface area (Å²) < 4.78 is 1.92. The molecular weight excluding hydrogens is 356 g/mol. The molecule has 0 saturated heterocycles. The Morgan fingerprint density at radius 3 is 2.44 bits per heavy atom. The Kier molecular flexibility index (Phi) is 6.65. The maximum atomic E-state index is 12.2. The Bertz CT molecular complexity index is 864. The van der Waals surface area contributed by atoms with Gasteiger partial charge in [0.05, 0.1) is 5.75 Å². The molecule has 140 valence electrons. The van der Waals surface area contributed by atoms with E-state index in [1.807, 2.05) is 67.1 Å². The summed E-state index contributed by atoms with van der Waals surface area (Å²) in [5.41, 5.74) is 2.30. The van der Waals surface area contributed by atoms with Crippen LogP contribution in [0.15, 0.2) is 65.8 Å². The molecule has 0 aliphatic carbocycles. The van der Waals surface area contributed by atoms with E-state index in [1.165, 1.54) is 17.3 Å². The summed E-state index contributed by atoms with van der Waals surface area (Å²) in [5.74, 6) is 1.15. The standard InChI is InChI=1S/C21H24N4OS/c1-16(13-14-17-9-5-3-6-10-17)22-19(26)15-27-21-24-23-20(25(21)2)18-11-7-4-8-12-18/h3-12,16H,13-15H2,1-2H3,(H,22,26). The number of nitrogens with zero attached hydrogens (tertiary/aromatic N) is 3. The summed E-state index contributed by atoms with van der Waals surface area (Å²) in [5, 5.41) is 12.3. The molecule has 0 aliphatic heterocycles. The van der Waals surface area contributed by atoms with E-state index in [4.69, 9.17) is 0 Å². The third-order valence-corrected chi connectivity index (χ3v) is 5.34. The topological polar surface area (TPSA) is 59.8 Å². The molecule has 1 N–H and O–H groups in total. The number of benzene rings is 2. The summed E-state index contributed by atoms with van der Waals surface area (Å²) in [6, 6.07) is 20.4. The fraction of sp³-hybridized carbons (Fsp3) is 0.286. The fourth-order valence-corrected chi connectivity index (χ4v) is 3.55. The molecule has 3 rings (SSSR count). The highest BCUT2D eigenvalue weighted by atomic mass is 32.2. The van der Waals surface area contributed by atoms with Crippen molar-refractivity contribution < 1.29 is 4.79 Å². The van der Waals surface area contributed by atoms with Gasteiger partial charge >= 0.3 is 0 Å². The molecule has 3 aromatic rings. The molecule has 0 aliphatic rings. The van der Waals surface area contributed by atoms with Crippen molar-refractivity contribution in [1.29, 1.82) is 0 Å². The molecule has 0 bridgehead atoms. The molecule has 1 unspecified atom stereocenters. The van der Waals surface area contributed by atoms with Crippen molar-refractivity contribution in [3.63, 3.8) is 0 Å². The Hall–Kier alpha value is -2.60. The van der Waals surface area contributed by atoms with Crippen LogP contribution in [-0.4, -0.2) is 32.5 Å². The van der Waals surface area contributed by atoms with Crippen LogP contribution in [0.4, 0.5) is 0 Å². The normalized spacial score (nSPS) is 11.9. The van der Waals surface area contributed by atoms with Crippen molar-refractivity contribution in [2.75, 3.05) is 5.75 Å². The van der Waals surface area contributed by atoms with Crippen LogP contribution in [0.3, 0.4) is 0 Å². The number of nitrogens with one attached hydrogen (secondary N) is 1. The zero-order valence-corrected chi connectivity index (χ0v) is 16.4. The van der Waals surface area contributed by atoms with E-state index in [0.29, 0.717) is 5.75 Å². The molecular formula is C21H24N4OS. The van der Waals surface area contributed by atoms with Crippen LogP contribution in [-0.2, 0) is 18.3 Å². The van der Waals surface area contributed by atoms with E-state index >= 15 is 0 Å². The smallest absolute Gasteiger partial charge is 0.230 e. The average molecular weight is 381 g/mol. The van der Waals surface area contributed by atoms with Crippen molar-refractivity contribution in [1.82, 2.24) is 20.1 Å². The van der Waals surface area contributed by atoms with Gasteiger partial charge in [-0.2, -0.15) is 0 Å². The van der Waals surface area contributed by atoms with E-state index in [9.17, 15) is 4.79 Å². The minimum Gasteiger partial charge on any atom is -0.353 e. The second kappa shape index (κ2) is 9.37. The average Bonchev–Trinajstić information content (AvgIpc) is 3.07. The minimum absolute atomic E-state index is 0.0184. The number of amides is 1. The Morgan fingerprint density at radius 1 is 1.07 bits per heavy atom. The van der Waals surface area contributed by atoms with Crippen LogP contribution in [0.2, 0.25) is 0 Å². The first-order chi connectivity index (χ1) is 13.1. The van der Waals surface area contributed by atoms with Gasteiger partial charge in [-0.15, -0.1) is 10.2 Å². The highest BCUT2D eigenvalue weighted by molar-refractivity contribution is 7.99. The molecule has 0 radical (unpaired) electrons. The summed E-state index contributed by atoms with van der Waals surface area (Å²) >= 11 is 1.40. The molecule has 1 aromatic heterocycles. The van der Waals surface area contributed by atoms with Crippen LogP contribution in [0.5, 0.6) is 0 Å². The zero-order chi connectivity index (χ0) is 19.1. The van der Waals surface area contributed by atoms with E-state index in [2.05, 4.69) is 27.6 Å². The largest absolute Gasteiger partial charge is 0.353 e. The predicted molar refractivity (Wildman–Crippen MR) is 110 cm³/mol. The Balaban J connectivity index is 1.47. The maximum absolute atomic E-state index is 12.2. The van der Waals surface area contributed by atoms with E-state index in [1.54, 1.807) is 0 Å². The number of carbonyl (C=O) groups is 1. The van der Waals surface area contributed by atoms with Gasteiger partial charge in [-0.05, 0) is 25.3 Å². The molecule has 0 saturated carbocycles. The lowest BCUT2D eigenvalue weighted by atomic mass is 10.1. The second-order valence-electron chi connectivity index (χ2n) is 6.51. The molecule has 1 heterocycles. The van der Waals surface area contributed by atoms with Gasteiger partial charge in [-0.1, -0.05) is 72.4 Å². The first kappa shape index (κ1) is 19.2. The van der Waals surface area contributed by atoms with Gasteiger partial charge in [0.2, 0.25) is 5.91 Å². The molecule has 0 fully saturated rings. The minimum atomic E-state index is 0.0184. The number of carbonyl (C=O) groups excluding carboxylic acids is 1. The zero-order valence-electron chi connectivity index (χ0n) is 15.6. The number of hydrogen-bond acceptors (Lipinski definition) is 4. The fourth-order valence-electron chi connectivity index (χ4n) is 2.83. The number of hydrogen-bond donors (Lipinski definition) is 1. The predicted octanol–water partition coefficient (Wildman–Crippen LogP) is 3.71. The first-order valence-corrected chi connectivity index (χ1v) is 10.0. The summed E-state index contributed by atoms with van der Waals surface area (Å²) in [4.78, 5) is 12.2. The van der Waals surface area contributed by atoms with E-state index in [-0.39, 0.29) is 11.9 Å². The highest BCUT2D eigenvalue weighted by Gasteiger charge is 2.13. The Morgan fingerprint density at radius 2 is 1.74 bits per heavy atom. The molecule has 6 heteroatoms. The number of aromatic nitrogens is 3. The van der Waals surface area contributed by atoms with Gasteiger partial charge in [-0.25, -0.2) is 0 Å². The SMILES string of the molecule is CC(CCc1ccccc1)NC(=O)CSc1nnc(-c2ccccc2)n1C. The Labute approximate surface area is 164 Å². The molecule has 5 nitrogen and oxygen atoms in total. The number of aryl methyl sites for hydroxylation is 1. The van der Waals surface area contributed by atoms with Crippen molar-refractivity contribution in [2.45, 2.75) is 31.0 Å². The number of thioether (sulfide) groups is 1. The van der Waals surface area contributed by atoms with Crippen LogP contribution < -0.4 is 5.32 Å². The molecule has 1 atom stereocenters. The van der Waals surface area contributed by atoms with Gasteiger partial charge in [0.15, 0.2) is 11.0 Å². The summed E-state index contributed by atoms with van der Waals surface area (Å²) in [7, 11) is 1.92. The number of rotatable bonds is 8. The van der Waals surface area contributed by atoms with Gasteiger partial charge in [0.25, 0.3) is 0 Å². The molecule has 0 spiro atoms. The van der Waals surface area contributed by atoms with Crippen LogP contribution >= 0.6 is 11.8 Å². The second-order valence-corrected chi connectivity index (χ2v) is 7.46. The van der Waals surface area contributed by atoms with Crippen molar-refractivity contribution in [2.24, 2.45) is 7.05 Å². The third-order valence-electron chi connectivity index (χ3n) is 4.32. The maximum Gasteiger partial charge on any atom is 0.230 e. The van der Waals surface area contributed by atoms with Crippen LogP contribution in [0, 0.1) is 0 Å². The molecule has 2 aromatic carbocycles. The highest BCUT2D eigenvalue weighted by Crippen LogP contribution is 2.22. The van der Waals surface area contributed by atoms with Crippen molar-refractivity contribution >= 4 is 17.7 Å². The van der Waals surface area contributed by atoms with E-state index < -0.39 is 0 Å². The van der Waals surface area contributed by atoms with Gasteiger partial charge in [-0.3, -0.25) is 4.79 Å². The summed E-state index contributed by atoms with van der Waals surface area (Å²) in [6.07, 6.45) is 1.88. The lowest BCUT2D eigenvalue weighted by molar-refractivity contribution is -0.119. The van der Waals surface area contributed by atoms with Gasteiger partial charge in [0.1, 0.15) is 0 Å². The lowest BCUT2D eigenvalue weighted by Crippen LogP contribution is -2.34. The third kappa shape index (κ3) is 5.44. The van der Waals surface area contributed by atoms with Gasteiger partial charge in [0, 0.05) is 18.7 Å². The van der Waals surface area contributed by atoms with Gasteiger partial charge < -0.3 is 9.88 Å². The van der Waals surface area contributed by atoms with E-state index in [0.717, 1.165) is 29.4 Å². The summed E-state index contributed by atoms with van der Waals surface area (Å²) in [6.45, 7) is 2.04. The monoisotopic (exact) mass is 380 g/mol. The lowest BCUT2D eigenvalue weighted by Gasteiger charge is -2.13. The van der Waals surface area contributed by atoms with Crippen LogP contribution in [0.1, 0.15) is 18.9 Å². The van der Waals surface area contributed by atoms with Crippen molar-refractivity contribution in [3.8, 4) is 11.4 Å². The van der Waals surface area contributed by atoms with Crippen LogP contribution in [0.25, 0.3) is 11.4 Å². The quantitative estimate of drug-likeness (QED) is 0.605. The van der Waals surface area contributed by atoms with Crippen molar-refractivity contribution in [3.05, 3.63) is 66.2 Å². The molecule has 1 amide bonds. The molecule has 27 heavy (non-hydrogen) atoms.